The van der Waals surface area contributed by atoms with Gasteiger partial charge in [0.1, 0.15) is 11.5 Å². The summed E-state index contributed by atoms with van der Waals surface area (Å²) in [5, 5.41) is 21.1. The topological polar surface area (TPSA) is 65.2 Å². The molecule has 2 aromatic carbocycles. The van der Waals surface area contributed by atoms with Crippen molar-refractivity contribution in [1.29, 1.82) is 0 Å². The third-order valence-electron chi connectivity index (χ3n) is 6.32. The number of benzene rings is 2. The Bertz CT molecular complexity index is 939. The maximum Gasteiger partial charge on any atom is 0.127 e. The van der Waals surface area contributed by atoms with Gasteiger partial charge in [0.15, 0.2) is 0 Å². The number of aryl methyl sites for hydroxylation is 2. The molecule has 0 aromatic heterocycles. The van der Waals surface area contributed by atoms with E-state index in [1.165, 1.54) is 11.1 Å². The summed E-state index contributed by atoms with van der Waals surface area (Å²) in [5.74, 6) is 1.75. The molecule has 178 valence electrons. The first-order valence-electron chi connectivity index (χ1n) is 12.3. The van der Waals surface area contributed by atoms with Gasteiger partial charge in [0.05, 0.1) is 12.1 Å². The van der Waals surface area contributed by atoms with Crippen LogP contribution in [0.25, 0.3) is 0 Å². The Kier molecular flexibility index (Phi) is 8.34. The average molecular weight is 449 g/mol. The lowest BCUT2D eigenvalue weighted by molar-refractivity contribution is 0.469. The molecular formula is C29H40N2O2. The number of hydrogen-bond donors (Lipinski definition) is 2. The van der Waals surface area contributed by atoms with Crippen molar-refractivity contribution in [3.8, 4) is 11.5 Å². The second-order valence-corrected chi connectivity index (χ2v) is 10.5. The number of aromatic hydroxyl groups is 2. The fourth-order valence-electron chi connectivity index (χ4n) is 4.76. The first kappa shape index (κ1) is 25.0. The van der Waals surface area contributed by atoms with Crippen LogP contribution in [-0.2, 0) is 12.8 Å². The van der Waals surface area contributed by atoms with Crippen LogP contribution in [0.15, 0.2) is 34.3 Å². The van der Waals surface area contributed by atoms with Crippen molar-refractivity contribution in [2.75, 3.05) is 0 Å². The molecule has 1 saturated carbocycles. The Balaban J connectivity index is 1.79. The quantitative estimate of drug-likeness (QED) is 0.449. The Hall–Kier alpha value is -2.62. The number of hydrogen-bond acceptors (Lipinski definition) is 4. The molecule has 3 rings (SSSR count). The Morgan fingerprint density at radius 3 is 1.52 bits per heavy atom. The van der Waals surface area contributed by atoms with Gasteiger partial charge in [-0.3, -0.25) is 9.98 Å². The van der Waals surface area contributed by atoms with Crippen molar-refractivity contribution in [1.82, 2.24) is 0 Å². The van der Waals surface area contributed by atoms with Crippen LogP contribution in [0.1, 0.15) is 80.3 Å². The first-order valence-corrected chi connectivity index (χ1v) is 12.3. The molecule has 0 bridgehead atoms. The molecule has 33 heavy (non-hydrogen) atoms. The van der Waals surface area contributed by atoms with Gasteiger partial charge in [0, 0.05) is 23.6 Å². The summed E-state index contributed by atoms with van der Waals surface area (Å²) in [6, 6.07) is 8.43. The second kappa shape index (κ2) is 11.0. The maximum absolute atomic E-state index is 10.5. The number of phenolic OH excluding ortho intramolecular Hbond substituents is 2. The molecule has 0 spiro atoms. The lowest BCUT2D eigenvalue weighted by Gasteiger charge is -2.14. The number of phenols is 2. The van der Waals surface area contributed by atoms with E-state index in [0.29, 0.717) is 23.3 Å². The van der Waals surface area contributed by atoms with Crippen LogP contribution in [0.3, 0.4) is 0 Å². The van der Waals surface area contributed by atoms with Crippen LogP contribution >= 0.6 is 0 Å². The molecule has 1 fully saturated rings. The Morgan fingerprint density at radius 2 is 1.15 bits per heavy atom. The Labute approximate surface area is 199 Å². The van der Waals surface area contributed by atoms with Crippen LogP contribution in [0.2, 0.25) is 0 Å². The normalized spacial score (nSPS) is 19.0. The van der Waals surface area contributed by atoms with E-state index in [0.717, 1.165) is 54.4 Å². The van der Waals surface area contributed by atoms with Gasteiger partial charge in [0.25, 0.3) is 0 Å². The molecule has 2 aromatic rings. The molecule has 0 aliphatic heterocycles. The van der Waals surface area contributed by atoms with Crippen LogP contribution in [0.5, 0.6) is 11.5 Å². The molecule has 1 aliphatic rings. The lowest BCUT2D eigenvalue weighted by atomic mass is 9.98. The predicted octanol–water partition coefficient (Wildman–Crippen LogP) is 6.57. The predicted molar refractivity (Wildman–Crippen MR) is 139 cm³/mol. The van der Waals surface area contributed by atoms with Gasteiger partial charge in [-0.1, -0.05) is 39.8 Å². The monoisotopic (exact) mass is 448 g/mol. The van der Waals surface area contributed by atoms with Gasteiger partial charge < -0.3 is 10.2 Å². The summed E-state index contributed by atoms with van der Waals surface area (Å²) in [6.07, 6.45) is 8.69. The molecule has 1 aliphatic carbocycles. The zero-order chi connectivity index (χ0) is 24.1. The summed E-state index contributed by atoms with van der Waals surface area (Å²) in [4.78, 5) is 9.69. The van der Waals surface area contributed by atoms with Crippen LogP contribution in [0, 0.1) is 25.7 Å². The van der Waals surface area contributed by atoms with E-state index in [1.807, 2.05) is 26.3 Å². The summed E-state index contributed by atoms with van der Waals surface area (Å²) in [6.45, 7) is 12.7. The Morgan fingerprint density at radius 1 is 0.758 bits per heavy atom. The molecule has 0 heterocycles. The van der Waals surface area contributed by atoms with E-state index in [4.69, 9.17) is 9.98 Å². The van der Waals surface area contributed by atoms with Crippen LogP contribution < -0.4 is 0 Å². The van der Waals surface area contributed by atoms with E-state index < -0.39 is 0 Å². The molecular weight excluding hydrogens is 408 g/mol. The number of aliphatic imine (C=N–C) groups is 2. The minimum Gasteiger partial charge on any atom is -0.507 e. The summed E-state index contributed by atoms with van der Waals surface area (Å²) < 4.78 is 0. The summed E-state index contributed by atoms with van der Waals surface area (Å²) >= 11 is 0. The molecule has 4 heteroatoms. The molecule has 4 nitrogen and oxygen atoms in total. The van der Waals surface area contributed by atoms with Crippen LogP contribution in [-0.4, -0.2) is 34.7 Å². The minimum absolute atomic E-state index is 0.0943. The highest BCUT2D eigenvalue weighted by Gasteiger charge is 2.25. The minimum atomic E-state index is 0.0943. The standard InChI is InChI=1S/C29H40N2O2/c1-18(2)10-22-12-20(5)28(32)24(14-22)16-30-26-8-7-9-27(26)31-17-25-15-23(11-19(3)4)13-21(6)29(25)33/h12-19,26-27,32-33H,7-11H2,1-6H3. The van der Waals surface area contributed by atoms with Crippen molar-refractivity contribution in [2.24, 2.45) is 21.8 Å². The summed E-state index contributed by atoms with van der Waals surface area (Å²) in [7, 11) is 0. The van der Waals surface area contributed by atoms with Gasteiger partial charge in [-0.05, 0) is 92.2 Å². The van der Waals surface area contributed by atoms with E-state index in [-0.39, 0.29) is 12.1 Å². The van der Waals surface area contributed by atoms with E-state index in [1.54, 1.807) is 0 Å². The van der Waals surface area contributed by atoms with Crippen molar-refractivity contribution in [2.45, 2.75) is 85.7 Å². The zero-order valence-corrected chi connectivity index (χ0v) is 21.1. The SMILES string of the molecule is Cc1cc(CC(C)C)cc(C=NC2CCCC2N=Cc2cc(CC(C)C)cc(C)c2O)c1O. The molecule has 2 unspecified atom stereocenters. The third-order valence-corrected chi connectivity index (χ3v) is 6.32. The highest BCUT2D eigenvalue weighted by atomic mass is 16.3. The molecule has 0 saturated heterocycles. The average Bonchev–Trinajstić information content (AvgIpc) is 3.17. The number of nitrogens with zero attached hydrogens (tertiary/aromatic N) is 2. The van der Waals surface area contributed by atoms with Gasteiger partial charge in [-0.15, -0.1) is 0 Å². The van der Waals surface area contributed by atoms with Gasteiger partial charge in [0.2, 0.25) is 0 Å². The molecule has 2 atom stereocenters. The van der Waals surface area contributed by atoms with Crippen molar-refractivity contribution >= 4 is 12.4 Å². The van der Waals surface area contributed by atoms with Crippen LogP contribution in [0.4, 0.5) is 0 Å². The van der Waals surface area contributed by atoms with Crippen molar-refractivity contribution in [3.63, 3.8) is 0 Å². The summed E-state index contributed by atoms with van der Waals surface area (Å²) in [5.41, 5.74) is 5.82. The van der Waals surface area contributed by atoms with Gasteiger partial charge in [-0.25, -0.2) is 0 Å². The van der Waals surface area contributed by atoms with E-state index in [2.05, 4.69) is 52.0 Å². The van der Waals surface area contributed by atoms with Crippen molar-refractivity contribution in [3.05, 3.63) is 57.6 Å². The third kappa shape index (κ3) is 6.69. The first-order chi connectivity index (χ1) is 15.6. The van der Waals surface area contributed by atoms with Crippen molar-refractivity contribution < 1.29 is 10.2 Å². The zero-order valence-electron chi connectivity index (χ0n) is 21.1. The maximum atomic E-state index is 10.5. The molecule has 0 amide bonds. The highest BCUT2D eigenvalue weighted by molar-refractivity contribution is 5.85. The molecule has 0 radical (unpaired) electrons. The molecule has 2 N–H and O–H groups in total. The van der Waals surface area contributed by atoms with Gasteiger partial charge in [-0.2, -0.15) is 0 Å². The largest absolute Gasteiger partial charge is 0.507 e. The fourth-order valence-corrected chi connectivity index (χ4v) is 4.76. The smallest absolute Gasteiger partial charge is 0.127 e. The highest BCUT2D eigenvalue weighted by Crippen LogP contribution is 2.29. The van der Waals surface area contributed by atoms with E-state index in [9.17, 15) is 10.2 Å². The lowest BCUT2D eigenvalue weighted by Crippen LogP contribution is -2.16. The van der Waals surface area contributed by atoms with E-state index >= 15 is 0 Å². The van der Waals surface area contributed by atoms with Gasteiger partial charge >= 0.3 is 0 Å². The number of rotatable bonds is 8. The fraction of sp³-hybridized carbons (Fsp3) is 0.517. The second-order valence-electron chi connectivity index (χ2n) is 10.5.